The van der Waals surface area contributed by atoms with Crippen LogP contribution >= 0.6 is 11.8 Å². The number of nitrogens with zero attached hydrogens (tertiary/aromatic N) is 2. The number of benzene rings is 1. The van der Waals surface area contributed by atoms with E-state index in [4.69, 9.17) is 4.74 Å². The molecule has 5 nitrogen and oxygen atoms in total. The standard InChI is InChI=1S/C20H26N2O3S/c1-5-25-18(23)11-8-12-26-20-21-15(3)17(19(24)22(20)4)13-16-10-7-6-9-14(16)2/h6-7,9-10H,5,8,11-13H2,1-4H3. The Labute approximate surface area is 158 Å². The molecule has 1 aromatic heterocycles. The van der Waals surface area contributed by atoms with E-state index in [1.165, 1.54) is 17.3 Å². The molecule has 26 heavy (non-hydrogen) atoms. The Kier molecular flexibility index (Phi) is 7.45. The lowest BCUT2D eigenvalue weighted by Gasteiger charge is -2.13. The second-order valence-corrected chi connectivity index (χ2v) is 7.24. The van der Waals surface area contributed by atoms with Crippen LogP contribution in [0.4, 0.5) is 0 Å². The largest absolute Gasteiger partial charge is 0.466 e. The fourth-order valence-corrected chi connectivity index (χ4v) is 3.62. The van der Waals surface area contributed by atoms with Crippen LogP contribution in [-0.4, -0.2) is 27.9 Å². The minimum atomic E-state index is -0.181. The maximum absolute atomic E-state index is 12.8. The Hall–Kier alpha value is -2.08. The lowest BCUT2D eigenvalue weighted by atomic mass is 10.0. The molecule has 0 amide bonds. The van der Waals surface area contributed by atoms with E-state index >= 15 is 0 Å². The molecule has 140 valence electrons. The van der Waals surface area contributed by atoms with Gasteiger partial charge in [-0.2, -0.15) is 0 Å². The second kappa shape index (κ2) is 9.57. The Morgan fingerprint density at radius 2 is 2.00 bits per heavy atom. The van der Waals surface area contributed by atoms with Crippen molar-refractivity contribution in [2.45, 2.75) is 45.2 Å². The summed E-state index contributed by atoms with van der Waals surface area (Å²) in [6.07, 6.45) is 1.68. The van der Waals surface area contributed by atoms with Crippen LogP contribution in [0.25, 0.3) is 0 Å². The Balaban J connectivity index is 2.09. The highest BCUT2D eigenvalue weighted by molar-refractivity contribution is 7.99. The number of carbonyl (C=O) groups excluding carboxylic acids is 1. The number of hydrogen-bond acceptors (Lipinski definition) is 5. The molecule has 0 unspecified atom stereocenters. The third kappa shape index (κ3) is 5.21. The molecule has 1 aromatic carbocycles. The zero-order chi connectivity index (χ0) is 19.1. The third-order valence-electron chi connectivity index (χ3n) is 4.24. The molecule has 0 aliphatic heterocycles. The molecule has 0 atom stereocenters. The smallest absolute Gasteiger partial charge is 0.305 e. The van der Waals surface area contributed by atoms with Gasteiger partial charge in [0.1, 0.15) is 0 Å². The van der Waals surface area contributed by atoms with Crippen molar-refractivity contribution in [1.29, 1.82) is 0 Å². The van der Waals surface area contributed by atoms with E-state index in [1.807, 2.05) is 25.1 Å². The fourth-order valence-electron chi connectivity index (χ4n) is 2.67. The van der Waals surface area contributed by atoms with Gasteiger partial charge in [0.2, 0.25) is 0 Å². The second-order valence-electron chi connectivity index (χ2n) is 6.18. The molecule has 2 rings (SSSR count). The summed E-state index contributed by atoms with van der Waals surface area (Å²) in [5.74, 6) is 0.537. The fraction of sp³-hybridized carbons (Fsp3) is 0.450. The van der Waals surface area contributed by atoms with Gasteiger partial charge in [0.05, 0.1) is 6.61 Å². The van der Waals surface area contributed by atoms with Gasteiger partial charge in [-0.3, -0.25) is 14.2 Å². The van der Waals surface area contributed by atoms with Gasteiger partial charge >= 0.3 is 5.97 Å². The number of ether oxygens (including phenoxy) is 1. The normalized spacial score (nSPS) is 10.8. The highest BCUT2D eigenvalue weighted by atomic mass is 32.2. The number of thioether (sulfide) groups is 1. The van der Waals surface area contributed by atoms with E-state index in [2.05, 4.69) is 18.0 Å². The molecule has 0 saturated heterocycles. The maximum Gasteiger partial charge on any atom is 0.305 e. The molecule has 0 N–H and O–H groups in total. The molecule has 0 fully saturated rings. The number of carbonyl (C=O) groups is 1. The predicted molar refractivity (Wildman–Crippen MR) is 105 cm³/mol. The molecule has 0 aliphatic rings. The lowest BCUT2D eigenvalue weighted by molar-refractivity contribution is -0.143. The lowest BCUT2D eigenvalue weighted by Crippen LogP contribution is -2.26. The van der Waals surface area contributed by atoms with Crippen LogP contribution in [0, 0.1) is 13.8 Å². The minimum absolute atomic E-state index is 0.00588. The van der Waals surface area contributed by atoms with Gasteiger partial charge in [-0.15, -0.1) is 0 Å². The van der Waals surface area contributed by atoms with Crippen LogP contribution < -0.4 is 5.56 Å². The summed E-state index contributed by atoms with van der Waals surface area (Å²) < 4.78 is 6.53. The van der Waals surface area contributed by atoms with Crippen molar-refractivity contribution in [2.24, 2.45) is 7.05 Å². The first-order chi connectivity index (χ1) is 12.4. The summed E-state index contributed by atoms with van der Waals surface area (Å²) in [4.78, 5) is 28.8. The molecular formula is C20H26N2O3S. The Morgan fingerprint density at radius 1 is 1.27 bits per heavy atom. The summed E-state index contributed by atoms with van der Waals surface area (Å²) in [5, 5.41) is 0.685. The first kappa shape index (κ1) is 20.2. The molecule has 0 bridgehead atoms. The van der Waals surface area contributed by atoms with Gasteiger partial charge in [-0.05, 0) is 38.3 Å². The summed E-state index contributed by atoms with van der Waals surface area (Å²) in [6, 6.07) is 8.09. The Bertz CT molecular complexity index is 830. The summed E-state index contributed by atoms with van der Waals surface area (Å²) in [6.45, 7) is 6.14. The first-order valence-electron chi connectivity index (χ1n) is 8.83. The number of esters is 1. The zero-order valence-electron chi connectivity index (χ0n) is 15.9. The van der Waals surface area contributed by atoms with Crippen LogP contribution in [0.15, 0.2) is 34.2 Å². The quantitative estimate of drug-likeness (QED) is 0.307. The van der Waals surface area contributed by atoms with Crippen molar-refractivity contribution >= 4 is 17.7 Å². The molecule has 0 radical (unpaired) electrons. The summed E-state index contributed by atoms with van der Waals surface area (Å²) >= 11 is 1.50. The Morgan fingerprint density at radius 3 is 2.69 bits per heavy atom. The van der Waals surface area contributed by atoms with Gasteiger partial charge in [0, 0.05) is 36.9 Å². The van der Waals surface area contributed by atoms with E-state index in [-0.39, 0.29) is 11.5 Å². The highest BCUT2D eigenvalue weighted by Crippen LogP contribution is 2.19. The average molecular weight is 375 g/mol. The van der Waals surface area contributed by atoms with Gasteiger partial charge < -0.3 is 4.74 Å². The number of aryl methyl sites for hydroxylation is 2. The van der Waals surface area contributed by atoms with E-state index in [0.29, 0.717) is 31.0 Å². The van der Waals surface area contributed by atoms with Crippen LogP contribution in [0.2, 0.25) is 0 Å². The van der Waals surface area contributed by atoms with Gasteiger partial charge in [0.15, 0.2) is 5.16 Å². The van der Waals surface area contributed by atoms with Gasteiger partial charge in [-0.1, -0.05) is 36.0 Å². The van der Waals surface area contributed by atoms with Crippen LogP contribution in [-0.2, 0) is 23.0 Å². The average Bonchev–Trinajstić information content (AvgIpc) is 2.61. The zero-order valence-corrected chi connectivity index (χ0v) is 16.7. The number of aromatic nitrogens is 2. The summed E-state index contributed by atoms with van der Waals surface area (Å²) in [5.41, 5.74) is 3.81. The van der Waals surface area contributed by atoms with Crippen molar-refractivity contribution in [3.63, 3.8) is 0 Å². The summed E-state index contributed by atoms with van der Waals surface area (Å²) in [7, 11) is 1.75. The van der Waals surface area contributed by atoms with Crippen molar-refractivity contribution < 1.29 is 9.53 Å². The number of hydrogen-bond donors (Lipinski definition) is 0. The molecular weight excluding hydrogens is 348 g/mol. The molecule has 1 heterocycles. The van der Waals surface area contributed by atoms with Crippen molar-refractivity contribution in [3.8, 4) is 0 Å². The number of rotatable bonds is 8. The SMILES string of the molecule is CCOC(=O)CCCSc1nc(C)c(Cc2ccccc2C)c(=O)n1C. The van der Waals surface area contributed by atoms with Crippen molar-refractivity contribution in [2.75, 3.05) is 12.4 Å². The molecule has 2 aromatic rings. The van der Waals surface area contributed by atoms with Crippen LogP contribution in [0.3, 0.4) is 0 Å². The van der Waals surface area contributed by atoms with E-state index in [0.717, 1.165) is 22.6 Å². The molecule has 6 heteroatoms. The van der Waals surface area contributed by atoms with E-state index in [9.17, 15) is 9.59 Å². The van der Waals surface area contributed by atoms with Crippen molar-refractivity contribution in [1.82, 2.24) is 9.55 Å². The first-order valence-corrected chi connectivity index (χ1v) is 9.82. The topological polar surface area (TPSA) is 61.2 Å². The van der Waals surface area contributed by atoms with Crippen LogP contribution in [0.5, 0.6) is 0 Å². The van der Waals surface area contributed by atoms with Crippen LogP contribution in [0.1, 0.15) is 42.1 Å². The molecule has 0 aliphatic carbocycles. The molecule has 0 spiro atoms. The van der Waals surface area contributed by atoms with Gasteiger partial charge in [-0.25, -0.2) is 4.98 Å². The maximum atomic E-state index is 12.8. The van der Waals surface area contributed by atoms with E-state index < -0.39 is 0 Å². The predicted octanol–water partition coefficient (Wildman–Crippen LogP) is 3.42. The third-order valence-corrected chi connectivity index (χ3v) is 5.36. The molecule has 0 saturated carbocycles. The van der Waals surface area contributed by atoms with E-state index in [1.54, 1.807) is 18.5 Å². The minimum Gasteiger partial charge on any atom is -0.466 e. The van der Waals surface area contributed by atoms with Gasteiger partial charge in [0.25, 0.3) is 5.56 Å². The monoisotopic (exact) mass is 374 g/mol. The van der Waals surface area contributed by atoms with Crippen molar-refractivity contribution in [3.05, 3.63) is 57.0 Å². The highest BCUT2D eigenvalue weighted by Gasteiger charge is 2.14.